The van der Waals surface area contributed by atoms with E-state index in [2.05, 4.69) is 0 Å². The Morgan fingerprint density at radius 3 is 2.93 bits per heavy atom. The van der Waals surface area contributed by atoms with Gasteiger partial charge in [-0.25, -0.2) is 4.79 Å². The SMILES string of the molecule is Nc1c(Cl)cccc1C(=O)OCC1CC1. The van der Waals surface area contributed by atoms with Crippen LogP contribution in [-0.4, -0.2) is 12.6 Å². The average Bonchev–Trinajstić information content (AvgIpc) is 3.02. The first kappa shape index (κ1) is 10.3. The van der Waals surface area contributed by atoms with Crippen LogP contribution in [-0.2, 0) is 4.74 Å². The number of nitrogen functional groups attached to an aromatic ring is 1. The molecule has 1 aliphatic carbocycles. The maximum Gasteiger partial charge on any atom is 0.340 e. The van der Waals surface area contributed by atoms with Gasteiger partial charge < -0.3 is 10.5 Å². The van der Waals surface area contributed by atoms with Gasteiger partial charge in [0.15, 0.2) is 0 Å². The van der Waals surface area contributed by atoms with Crippen molar-refractivity contribution in [3.05, 3.63) is 28.8 Å². The van der Waals surface area contributed by atoms with Crippen molar-refractivity contribution >= 4 is 23.3 Å². The summed E-state index contributed by atoms with van der Waals surface area (Å²) in [4.78, 5) is 11.6. The summed E-state index contributed by atoms with van der Waals surface area (Å²) in [6.45, 7) is 0.491. The van der Waals surface area contributed by atoms with Crippen molar-refractivity contribution in [2.75, 3.05) is 12.3 Å². The van der Waals surface area contributed by atoms with Crippen molar-refractivity contribution in [1.29, 1.82) is 0 Å². The average molecular weight is 226 g/mol. The molecule has 1 aromatic rings. The topological polar surface area (TPSA) is 52.3 Å². The number of hydrogen-bond donors (Lipinski definition) is 1. The van der Waals surface area contributed by atoms with Crippen LogP contribution in [0.4, 0.5) is 5.69 Å². The maximum absolute atomic E-state index is 11.6. The van der Waals surface area contributed by atoms with E-state index in [1.807, 2.05) is 0 Å². The van der Waals surface area contributed by atoms with E-state index in [9.17, 15) is 4.79 Å². The molecule has 4 heteroatoms. The molecule has 0 atom stereocenters. The second-order valence-electron chi connectivity index (χ2n) is 3.74. The van der Waals surface area contributed by atoms with E-state index in [1.165, 1.54) is 0 Å². The van der Waals surface area contributed by atoms with Crippen LogP contribution >= 0.6 is 11.6 Å². The van der Waals surface area contributed by atoms with Gasteiger partial charge in [-0.1, -0.05) is 17.7 Å². The summed E-state index contributed by atoms with van der Waals surface area (Å²) >= 11 is 5.80. The minimum absolute atomic E-state index is 0.292. The third-order valence-electron chi connectivity index (χ3n) is 2.42. The fourth-order valence-corrected chi connectivity index (χ4v) is 1.45. The highest BCUT2D eigenvalue weighted by atomic mass is 35.5. The number of benzene rings is 1. The van der Waals surface area contributed by atoms with E-state index in [1.54, 1.807) is 18.2 Å². The van der Waals surface area contributed by atoms with Crippen molar-refractivity contribution in [2.24, 2.45) is 5.92 Å². The van der Waals surface area contributed by atoms with E-state index < -0.39 is 0 Å². The van der Waals surface area contributed by atoms with Crippen LogP contribution < -0.4 is 5.73 Å². The molecule has 0 spiro atoms. The summed E-state index contributed by atoms with van der Waals surface area (Å²) in [6, 6.07) is 4.96. The molecule has 0 saturated heterocycles. The van der Waals surface area contributed by atoms with Gasteiger partial charge in [0, 0.05) is 0 Å². The molecule has 0 aromatic heterocycles. The summed E-state index contributed by atoms with van der Waals surface area (Å²) in [7, 11) is 0. The highest BCUT2D eigenvalue weighted by molar-refractivity contribution is 6.33. The first-order valence-corrected chi connectivity index (χ1v) is 5.27. The second kappa shape index (κ2) is 4.11. The fraction of sp³-hybridized carbons (Fsp3) is 0.364. The zero-order valence-corrected chi connectivity index (χ0v) is 8.96. The predicted molar refractivity (Wildman–Crippen MR) is 58.9 cm³/mol. The summed E-state index contributed by atoms with van der Waals surface area (Å²) in [5.74, 6) is 0.163. The van der Waals surface area contributed by atoms with Crippen molar-refractivity contribution in [3.63, 3.8) is 0 Å². The molecule has 0 unspecified atom stereocenters. The van der Waals surface area contributed by atoms with Crippen LogP contribution in [0.25, 0.3) is 0 Å². The summed E-state index contributed by atoms with van der Waals surface area (Å²) in [5.41, 5.74) is 6.31. The number of halogens is 1. The molecule has 3 nitrogen and oxygen atoms in total. The number of hydrogen-bond acceptors (Lipinski definition) is 3. The Labute approximate surface area is 93.2 Å². The molecule has 2 rings (SSSR count). The lowest BCUT2D eigenvalue weighted by Gasteiger charge is -2.07. The van der Waals surface area contributed by atoms with E-state index >= 15 is 0 Å². The molecule has 1 fully saturated rings. The minimum Gasteiger partial charge on any atom is -0.462 e. The number of para-hydroxylation sites is 1. The molecule has 1 saturated carbocycles. The molecule has 2 N–H and O–H groups in total. The number of carbonyl (C=O) groups excluding carboxylic acids is 1. The number of carbonyl (C=O) groups is 1. The lowest BCUT2D eigenvalue weighted by Crippen LogP contribution is -2.10. The Kier molecular flexibility index (Phi) is 2.82. The van der Waals surface area contributed by atoms with E-state index in [0.29, 0.717) is 28.8 Å². The molecular formula is C11H12ClNO2. The molecular weight excluding hydrogens is 214 g/mol. The minimum atomic E-state index is -0.387. The summed E-state index contributed by atoms with van der Waals surface area (Å²) < 4.78 is 5.11. The molecule has 80 valence electrons. The fourth-order valence-electron chi connectivity index (χ4n) is 1.27. The molecule has 0 bridgehead atoms. The van der Waals surface area contributed by atoms with Crippen LogP contribution in [0.5, 0.6) is 0 Å². The van der Waals surface area contributed by atoms with E-state index in [4.69, 9.17) is 22.1 Å². The van der Waals surface area contributed by atoms with Crippen LogP contribution in [0.15, 0.2) is 18.2 Å². The Morgan fingerprint density at radius 2 is 2.27 bits per heavy atom. The molecule has 1 aliphatic rings. The first-order chi connectivity index (χ1) is 7.18. The zero-order chi connectivity index (χ0) is 10.8. The van der Waals surface area contributed by atoms with Crippen molar-refractivity contribution in [1.82, 2.24) is 0 Å². The third-order valence-corrected chi connectivity index (χ3v) is 2.75. The van der Waals surface area contributed by atoms with Gasteiger partial charge in [-0.3, -0.25) is 0 Å². The summed E-state index contributed by atoms with van der Waals surface area (Å²) in [6.07, 6.45) is 2.30. The van der Waals surface area contributed by atoms with Crippen LogP contribution in [0.3, 0.4) is 0 Å². The molecule has 0 aliphatic heterocycles. The number of anilines is 1. The maximum atomic E-state index is 11.6. The first-order valence-electron chi connectivity index (χ1n) is 4.89. The van der Waals surface area contributed by atoms with Gasteiger partial charge in [-0.15, -0.1) is 0 Å². The quantitative estimate of drug-likeness (QED) is 0.635. The Hall–Kier alpha value is -1.22. The zero-order valence-electron chi connectivity index (χ0n) is 8.20. The van der Waals surface area contributed by atoms with E-state index in [0.717, 1.165) is 12.8 Å². The van der Waals surface area contributed by atoms with Gasteiger partial charge in [0.25, 0.3) is 0 Å². The Bertz CT molecular complexity index is 388. The van der Waals surface area contributed by atoms with Crippen molar-refractivity contribution in [2.45, 2.75) is 12.8 Å². The number of nitrogens with two attached hydrogens (primary N) is 1. The number of ether oxygens (including phenoxy) is 1. The number of rotatable bonds is 3. The molecule has 0 radical (unpaired) electrons. The lowest BCUT2D eigenvalue weighted by molar-refractivity contribution is 0.0487. The van der Waals surface area contributed by atoms with Crippen LogP contribution in [0.1, 0.15) is 23.2 Å². The van der Waals surface area contributed by atoms with Crippen molar-refractivity contribution in [3.8, 4) is 0 Å². The lowest BCUT2D eigenvalue weighted by atomic mass is 10.2. The van der Waals surface area contributed by atoms with Crippen molar-refractivity contribution < 1.29 is 9.53 Å². The normalized spacial score (nSPS) is 15.0. The van der Waals surface area contributed by atoms with Gasteiger partial charge in [-0.2, -0.15) is 0 Å². The Balaban J connectivity index is 2.06. The molecule has 1 aromatic carbocycles. The molecule has 0 amide bonds. The van der Waals surface area contributed by atoms with Gasteiger partial charge in [0.05, 0.1) is 22.9 Å². The van der Waals surface area contributed by atoms with Gasteiger partial charge in [0.2, 0.25) is 0 Å². The predicted octanol–water partition coefficient (Wildman–Crippen LogP) is 2.49. The third kappa shape index (κ3) is 2.42. The monoisotopic (exact) mass is 225 g/mol. The standard InChI is InChI=1S/C11H12ClNO2/c12-9-3-1-2-8(10(9)13)11(14)15-6-7-4-5-7/h1-3,7H,4-6,13H2. The smallest absolute Gasteiger partial charge is 0.340 e. The Morgan fingerprint density at radius 1 is 1.53 bits per heavy atom. The largest absolute Gasteiger partial charge is 0.462 e. The highest BCUT2D eigenvalue weighted by Crippen LogP contribution is 2.29. The number of esters is 1. The van der Waals surface area contributed by atoms with Gasteiger partial charge in [-0.05, 0) is 30.9 Å². The second-order valence-corrected chi connectivity index (χ2v) is 4.15. The van der Waals surface area contributed by atoms with Gasteiger partial charge >= 0.3 is 5.97 Å². The van der Waals surface area contributed by atoms with Crippen LogP contribution in [0.2, 0.25) is 5.02 Å². The van der Waals surface area contributed by atoms with Gasteiger partial charge in [0.1, 0.15) is 0 Å². The highest BCUT2D eigenvalue weighted by Gasteiger charge is 2.24. The van der Waals surface area contributed by atoms with Crippen LogP contribution in [0, 0.1) is 5.92 Å². The summed E-state index contributed by atoms with van der Waals surface area (Å²) in [5, 5.41) is 0.385. The van der Waals surface area contributed by atoms with E-state index in [-0.39, 0.29) is 5.97 Å². The molecule has 15 heavy (non-hydrogen) atoms. The molecule has 0 heterocycles.